The van der Waals surface area contributed by atoms with Gasteiger partial charge in [0.15, 0.2) is 23.4 Å². The molecule has 0 spiro atoms. The van der Waals surface area contributed by atoms with Crippen LogP contribution in [0.25, 0.3) is 0 Å². The quantitative estimate of drug-likeness (QED) is 0.912. The number of halogens is 2. The maximum Gasteiger partial charge on any atom is 0.197 e. The summed E-state index contributed by atoms with van der Waals surface area (Å²) in [4.78, 5) is 0. The van der Waals surface area contributed by atoms with Gasteiger partial charge in [-0.2, -0.15) is 0 Å². The molecule has 0 aromatic heterocycles. The lowest BCUT2D eigenvalue weighted by Gasteiger charge is -2.32. The average molecular weight is 335 g/mol. The van der Waals surface area contributed by atoms with Crippen LogP contribution in [0, 0.1) is 11.6 Å². The molecule has 4 nitrogen and oxygen atoms in total. The Balaban J connectivity index is 1.96. The van der Waals surface area contributed by atoms with Gasteiger partial charge in [0.05, 0.1) is 13.7 Å². The molecular formula is C18H19F2NO3. The molecule has 1 fully saturated rings. The van der Waals surface area contributed by atoms with E-state index in [1.54, 1.807) is 18.2 Å². The molecule has 0 saturated carbocycles. The summed E-state index contributed by atoms with van der Waals surface area (Å²) in [6, 6.07) is 10.5. The molecule has 2 aromatic rings. The minimum Gasteiger partial charge on any atom is -0.493 e. The van der Waals surface area contributed by atoms with Crippen LogP contribution in [0.2, 0.25) is 0 Å². The van der Waals surface area contributed by atoms with Gasteiger partial charge in [0, 0.05) is 13.1 Å². The highest BCUT2D eigenvalue weighted by atomic mass is 19.1. The van der Waals surface area contributed by atoms with Gasteiger partial charge < -0.3 is 19.5 Å². The number of hydrogen-bond acceptors (Lipinski definition) is 4. The van der Waals surface area contributed by atoms with Gasteiger partial charge in [0.2, 0.25) is 0 Å². The first-order chi connectivity index (χ1) is 11.7. The molecule has 0 radical (unpaired) electrons. The highest BCUT2D eigenvalue weighted by Gasteiger charge is 2.30. The Labute approximate surface area is 139 Å². The standard InChI is InChI=1S/C18H19F2NO3/c1-22-15-7-3-6-14(20)18(15)24-17(16-11-21-8-9-23-16)12-4-2-5-13(19)10-12/h2-7,10,16-17,21H,8-9,11H2,1H3. The first kappa shape index (κ1) is 16.7. The first-order valence-electron chi connectivity index (χ1n) is 7.76. The van der Waals surface area contributed by atoms with Crippen molar-refractivity contribution in [3.05, 3.63) is 59.7 Å². The molecule has 0 aliphatic carbocycles. The second-order valence-corrected chi connectivity index (χ2v) is 5.48. The minimum absolute atomic E-state index is 0.0107. The number of para-hydroxylation sites is 1. The van der Waals surface area contributed by atoms with Crippen molar-refractivity contribution in [1.82, 2.24) is 5.32 Å². The summed E-state index contributed by atoms with van der Waals surface area (Å²) in [7, 11) is 1.44. The zero-order valence-corrected chi connectivity index (χ0v) is 13.3. The number of nitrogens with one attached hydrogen (secondary N) is 1. The Morgan fingerprint density at radius 3 is 2.75 bits per heavy atom. The molecule has 1 N–H and O–H groups in total. The smallest absolute Gasteiger partial charge is 0.197 e. The van der Waals surface area contributed by atoms with Gasteiger partial charge in [-0.05, 0) is 29.8 Å². The number of hydrogen-bond donors (Lipinski definition) is 1. The predicted octanol–water partition coefficient (Wildman–Crippen LogP) is 3.08. The van der Waals surface area contributed by atoms with Crippen LogP contribution in [-0.4, -0.2) is 32.9 Å². The van der Waals surface area contributed by atoms with Crippen molar-refractivity contribution in [2.75, 3.05) is 26.8 Å². The van der Waals surface area contributed by atoms with Crippen LogP contribution in [0.15, 0.2) is 42.5 Å². The molecule has 1 aliphatic rings. The van der Waals surface area contributed by atoms with E-state index in [1.807, 2.05) is 0 Å². The summed E-state index contributed by atoms with van der Waals surface area (Å²) >= 11 is 0. The monoisotopic (exact) mass is 335 g/mol. The number of ether oxygens (including phenoxy) is 3. The van der Waals surface area contributed by atoms with E-state index >= 15 is 0 Å². The summed E-state index contributed by atoms with van der Waals surface area (Å²) in [5.74, 6) is -0.659. The average Bonchev–Trinajstić information content (AvgIpc) is 2.61. The molecule has 1 heterocycles. The maximum atomic E-state index is 14.2. The molecule has 2 aromatic carbocycles. The number of morpholine rings is 1. The lowest BCUT2D eigenvalue weighted by Crippen LogP contribution is -2.43. The van der Waals surface area contributed by atoms with E-state index in [0.29, 0.717) is 18.7 Å². The SMILES string of the molecule is COc1cccc(F)c1OC(c1cccc(F)c1)C1CNCCO1. The molecular weight excluding hydrogens is 316 g/mol. The van der Waals surface area contributed by atoms with E-state index in [2.05, 4.69) is 5.32 Å². The molecule has 2 atom stereocenters. The van der Waals surface area contributed by atoms with Gasteiger partial charge in [-0.1, -0.05) is 18.2 Å². The third-order valence-electron chi connectivity index (χ3n) is 3.87. The van der Waals surface area contributed by atoms with Gasteiger partial charge >= 0.3 is 0 Å². The van der Waals surface area contributed by atoms with E-state index in [9.17, 15) is 8.78 Å². The molecule has 0 bridgehead atoms. The van der Waals surface area contributed by atoms with Gasteiger partial charge in [0.1, 0.15) is 11.9 Å². The van der Waals surface area contributed by atoms with Crippen LogP contribution in [0.3, 0.4) is 0 Å². The Kier molecular flexibility index (Phi) is 5.27. The van der Waals surface area contributed by atoms with Gasteiger partial charge in [-0.25, -0.2) is 8.78 Å². The van der Waals surface area contributed by atoms with Crippen LogP contribution in [0.4, 0.5) is 8.78 Å². The van der Waals surface area contributed by atoms with Gasteiger partial charge in [-0.3, -0.25) is 0 Å². The van der Waals surface area contributed by atoms with Crippen molar-refractivity contribution in [3.8, 4) is 11.5 Å². The van der Waals surface area contributed by atoms with Gasteiger partial charge in [0.25, 0.3) is 0 Å². The topological polar surface area (TPSA) is 39.7 Å². The fourth-order valence-electron chi connectivity index (χ4n) is 2.71. The summed E-state index contributed by atoms with van der Waals surface area (Å²) in [5.41, 5.74) is 0.578. The van der Waals surface area contributed by atoms with E-state index in [1.165, 1.54) is 31.4 Å². The second kappa shape index (κ2) is 7.59. The van der Waals surface area contributed by atoms with Gasteiger partial charge in [-0.15, -0.1) is 0 Å². The molecule has 1 aliphatic heterocycles. The lowest BCUT2D eigenvalue weighted by molar-refractivity contribution is -0.0449. The zero-order valence-electron chi connectivity index (χ0n) is 13.3. The summed E-state index contributed by atoms with van der Waals surface area (Å²) in [6.07, 6.45) is -1.04. The first-order valence-corrected chi connectivity index (χ1v) is 7.76. The van der Waals surface area contributed by atoms with E-state index in [-0.39, 0.29) is 23.4 Å². The third-order valence-corrected chi connectivity index (χ3v) is 3.87. The van der Waals surface area contributed by atoms with Crippen LogP contribution < -0.4 is 14.8 Å². The summed E-state index contributed by atoms with van der Waals surface area (Å²) in [5, 5.41) is 3.20. The van der Waals surface area contributed by atoms with Crippen LogP contribution in [0.1, 0.15) is 11.7 Å². The predicted molar refractivity (Wildman–Crippen MR) is 85.3 cm³/mol. The molecule has 3 rings (SSSR count). The van der Waals surface area contributed by atoms with Crippen LogP contribution in [0.5, 0.6) is 11.5 Å². The normalized spacial score (nSPS) is 18.9. The summed E-state index contributed by atoms with van der Waals surface area (Å²) in [6.45, 7) is 1.77. The van der Waals surface area contributed by atoms with Crippen molar-refractivity contribution < 1.29 is 23.0 Å². The van der Waals surface area contributed by atoms with Crippen molar-refractivity contribution in [2.45, 2.75) is 12.2 Å². The Morgan fingerprint density at radius 2 is 2.04 bits per heavy atom. The van der Waals surface area contributed by atoms with Crippen LogP contribution >= 0.6 is 0 Å². The van der Waals surface area contributed by atoms with E-state index < -0.39 is 11.9 Å². The highest BCUT2D eigenvalue weighted by molar-refractivity contribution is 5.41. The fourth-order valence-corrected chi connectivity index (χ4v) is 2.71. The Morgan fingerprint density at radius 1 is 1.21 bits per heavy atom. The second-order valence-electron chi connectivity index (χ2n) is 5.48. The largest absolute Gasteiger partial charge is 0.493 e. The molecule has 2 unspecified atom stereocenters. The Bertz CT molecular complexity index is 690. The summed E-state index contributed by atoms with van der Waals surface area (Å²) < 4.78 is 44.7. The number of benzene rings is 2. The van der Waals surface area contributed by atoms with Crippen LogP contribution in [-0.2, 0) is 4.74 Å². The lowest BCUT2D eigenvalue weighted by atomic mass is 10.0. The third kappa shape index (κ3) is 3.66. The molecule has 128 valence electrons. The number of methoxy groups -OCH3 is 1. The highest BCUT2D eigenvalue weighted by Crippen LogP contribution is 2.35. The molecule has 0 amide bonds. The fraction of sp³-hybridized carbons (Fsp3) is 0.333. The molecule has 6 heteroatoms. The van der Waals surface area contributed by atoms with Crippen molar-refractivity contribution >= 4 is 0 Å². The maximum absolute atomic E-state index is 14.2. The van der Waals surface area contributed by atoms with Crippen molar-refractivity contribution in [1.29, 1.82) is 0 Å². The van der Waals surface area contributed by atoms with Crippen molar-refractivity contribution in [2.24, 2.45) is 0 Å². The van der Waals surface area contributed by atoms with E-state index in [0.717, 1.165) is 6.54 Å². The minimum atomic E-state index is -0.667. The zero-order chi connectivity index (χ0) is 16.9. The Hall–Kier alpha value is -2.18. The van der Waals surface area contributed by atoms with Crippen molar-refractivity contribution in [3.63, 3.8) is 0 Å². The van der Waals surface area contributed by atoms with E-state index in [4.69, 9.17) is 14.2 Å². The molecule has 1 saturated heterocycles. The molecule has 24 heavy (non-hydrogen) atoms. The number of rotatable bonds is 5.